The van der Waals surface area contributed by atoms with Crippen LogP contribution in [0, 0.1) is 6.92 Å². The van der Waals surface area contributed by atoms with Crippen LogP contribution in [0.3, 0.4) is 0 Å². The summed E-state index contributed by atoms with van der Waals surface area (Å²) < 4.78 is 5.12. The molecule has 1 aliphatic rings. The number of benzene rings is 1. The fourth-order valence-corrected chi connectivity index (χ4v) is 3.08. The van der Waals surface area contributed by atoms with Crippen LogP contribution in [0.2, 0.25) is 0 Å². The summed E-state index contributed by atoms with van der Waals surface area (Å²) in [6.45, 7) is 4.04. The maximum Gasteiger partial charge on any atom is 0.254 e. The molecule has 0 atom stereocenters. The second-order valence-corrected chi connectivity index (χ2v) is 6.10. The normalized spacial score (nSPS) is 14.5. The molecule has 0 saturated heterocycles. The number of hydrogen-bond acceptors (Lipinski definition) is 5. The molecule has 0 saturated carbocycles. The first-order valence-electron chi connectivity index (χ1n) is 8.01. The highest BCUT2D eigenvalue weighted by atomic mass is 16.5. The maximum atomic E-state index is 12.4. The maximum absolute atomic E-state index is 12.4. The van der Waals surface area contributed by atoms with Crippen molar-refractivity contribution in [3.8, 4) is 11.4 Å². The highest BCUT2D eigenvalue weighted by molar-refractivity contribution is 5.54. The number of rotatable bonds is 3. The van der Waals surface area contributed by atoms with Crippen molar-refractivity contribution < 1.29 is 4.52 Å². The molecule has 0 spiro atoms. The molecule has 1 aromatic carbocycles. The molecule has 1 aliphatic heterocycles. The van der Waals surface area contributed by atoms with Crippen molar-refractivity contribution in [3.63, 3.8) is 0 Å². The molecule has 24 heavy (non-hydrogen) atoms. The Balaban J connectivity index is 1.62. The van der Waals surface area contributed by atoms with Crippen molar-refractivity contribution >= 4 is 0 Å². The van der Waals surface area contributed by atoms with Gasteiger partial charge in [0.2, 0.25) is 0 Å². The number of nitrogens with zero attached hydrogens (tertiary/aromatic N) is 3. The Morgan fingerprint density at radius 3 is 2.88 bits per heavy atom. The third kappa shape index (κ3) is 2.88. The molecule has 3 aromatic rings. The van der Waals surface area contributed by atoms with Gasteiger partial charge in [-0.05, 0) is 13.3 Å². The van der Waals surface area contributed by atoms with Crippen LogP contribution in [0.15, 0.2) is 45.7 Å². The number of nitrogens with one attached hydrogen (secondary N) is 1. The summed E-state index contributed by atoms with van der Waals surface area (Å²) in [5.41, 5.74) is 3.44. The minimum atomic E-state index is -0.0317. The highest BCUT2D eigenvalue weighted by Gasteiger charge is 2.22. The van der Waals surface area contributed by atoms with Gasteiger partial charge in [0.25, 0.3) is 5.56 Å². The van der Waals surface area contributed by atoms with E-state index in [1.165, 1.54) is 0 Å². The zero-order valence-electron chi connectivity index (χ0n) is 13.5. The summed E-state index contributed by atoms with van der Waals surface area (Å²) >= 11 is 0. The molecule has 3 heterocycles. The van der Waals surface area contributed by atoms with Crippen LogP contribution in [0.1, 0.15) is 22.7 Å². The molecule has 122 valence electrons. The van der Waals surface area contributed by atoms with E-state index in [0.717, 1.165) is 34.8 Å². The van der Waals surface area contributed by atoms with Gasteiger partial charge >= 0.3 is 0 Å². The molecule has 0 fully saturated rings. The lowest BCUT2D eigenvalue weighted by Gasteiger charge is -2.26. The van der Waals surface area contributed by atoms with Crippen molar-refractivity contribution in [1.82, 2.24) is 20.0 Å². The van der Waals surface area contributed by atoms with Crippen molar-refractivity contribution in [3.05, 3.63) is 69.5 Å². The molecule has 6 nitrogen and oxygen atoms in total. The summed E-state index contributed by atoms with van der Waals surface area (Å²) in [4.78, 5) is 22.2. The topological polar surface area (TPSA) is 75.0 Å². The smallest absolute Gasteiger partial charge is 0.254 e. The van der Waals surface area contributed by atoms with Crippen LogP contribution in [0.4, 0.5) is 0 Å². The molecule has 0 radical (unpaired) electrons. The largest absolute Gasteiger partial charge is 0.361 e. The second-order valence-electron chi connectivity index (χ2n) is 6.10. The standard InChI is InChI=1S/C18H18N4O2/c1-12-9-14(21-24-12)10-22-8-7-15-16(11-22)19-17(20-18(15)23)13-5-3-2-4-6-13/h2-6,9H,7-8,10-11H2,1H3,(H,19,20,23). The van der Waals surface area contributed by atoms with Gasteiger partial charge in [0.15, 0.2) is 0 Å². The number of aromatic amines is 1. The number of fused-ring (bicyclic) bond motifs is 1. The lowest BCUT2D eigenvalue weighted by Crippen LogP contribution is -2.35. The van der Waals surface area contributed by atoms with Gasteiger partial charge in [0.05, 0.1) is 11.4 Å². The van der Waals surface area contributed by atoms with Crippen LogP contribution in [0.25, 0.3) is 11.4 Å². The van der Waals surface area contributed by atoms with Gasteiger partial charge in [-0.3, -0.25) is 9.69 Å². The Kier molecular flexibility index (Phi) is 3.74. The zero-order valence-corrected chi connectivity index (χ0v) is 13.5. The summed E-state index contributed by atoms with van der Waals surface area (Å²) in [7, 11) is 0. The third-order valence-corrected chi connectivity index (χ3v) is 4.26. The van der Waals surface area contributed by atoms with Crippen molar-refractivity contribution in [2.24, 2.45) is 0 Å². The first kappa shape index (κ1) is 14.8. The summed E-state index contributed by atoms with van der Waals surface area (Å²) in [6, 6.07) is 11.7. The van der Waals surface area contributed by atoms with E-state index in [-0.39, 0.29) is 5.56 Å². The van der Waals surface area contributed by atoms with E-state index in [2.05, 4.69) is 15.0 Å². The molecule has 0 unspecified atom stereocenters. The Labute approximate surface area is 139 Å². The van der Waals surface area contributed by atoms with Crippen LogP contribution >= 0.6 is 0 Å². The van der Waals surface area contributed by atoms with Crippen molar-refractivity contribution in [2.75, 3.05) is 6.54 Å². The van der Waals surface area contributed by atoms with Gasteiger partial charge in [-0.25, -0.2) is 4.98 Å². The molecular weight excluding hydrogens is 304 g/mol. The Morgan fingerprint density at radius 1 is 1.29 bits per heavy atom. The lowest BCUT2D eigenvalue weighted by atomic mass is 10.1. The molecule has 4 rings (SSSR count). The summed E-state index contributed by atoms with van der Waals surface area (Å²) in [5, 5.41) is 4.04. The van der Waals surface area contributed by atoms with E-state index in [4.69, 9.17) is 9.51 Å². The zero-order chi connectivity index (χ0) is 16.5. The van der Waals surface area contributed by atoms with Crippen molar-refractivity contribution in [2.45, 2.75) is 26.4 Å². The molecule has 0 bridgehead atoms. The fraction of sp³-hybridized carbons (Fsp3) is 0.278. The van der Waals surface area contributed by atoms with Crippen molar-refractivity contribution in [1.29, 1.82) is 0 Å². The Morgan fingerprint density at radius 2 is 2.12 bits per heavy atom. The molecule has 2 aromatic heterocycles. The number of hydrogen-bond donors (Lipinski definition) is 1. The quantitative estimate of drug-likeness (QED) is 0.801. The van der Waals surface area contributed by atoms with Gasteiger partial charge in [-0.2, -0.15) is 0 Å². The van der Waals surface area contributed by atoms with E-state index >= 15 is 0 Å². The van der Waals surface area contributed by atoms with Gasteiger partial charge in [0, 0.05) is 36.8 Å². The average Bonchev–Trinajstić information content (AvgIpc) is 3.00. The van der Waals surface area contributed by atoms with E-state index in [0.29, 0.717) is 25.3 Å². The number of aryl methyl sites for hydroxylation is 1. The van der Waals surface area contributed by atoms with E-state index < -0.39 is 0 Å². The Hall–Kier alpha value is -2.73. The lowest BCUT2D eigenvalue weighted by molar-refractivity contribution is 0.232. The monoisotopic (exact) mass is 322 g/mol. The van der Waals surface area contributed by atoms with Crippen LogP contribution < -0.4 is 5.56 Å². The molecule has 0 aliphatic carbocycles. The number of H-pyrrole nitrogens is 1. The van der Waals surface area contributed by atoms with Crippen LogP contribution in [-0.2, 0) is 19.5 Å². The minimum absolute atomic E-state index is 0.0317. The minimum Gasteiger partial charge on any atom is -0.361 e. The molecular formula is C18H18N4O2. The second kappa shape index (κ2) is 6.05. The Bertz CT molecular complexity index is 914. The summed E-state index contributed by atoms with van der Waals surface area (Å²) in [5.74, 6) is 1.43. The predicted molar refractivity (Wildman–Crippen MR) is 89.4 cm³/mol. The predicted octanol–water partition coefficient (Wildman–Crippen LogP) is 2.29. The van der Waals surface area contributed by atoms with E-state index in [9.17, 15) is 4.79 Å². The van der Waals surface area contributed by atoms with Crippen LogP contribution in [0.5, 0.6) is 0 Å². The fourth-order valence-electron chi connectivity index (χ4n) is 3.08. The third-order valence-electron chi connectivity index (χ3n) is 4.26. The van der Waals surface area contributed by atoms with Gasteiger partial charge in [0.1, 0.15) is 11.6 Å². The van der Waals surface area contributed by atoms with E-state index in [1.54, 1.807) is 0 Å². The van der Waals surface area contributed by atoms with E-state index in [1.807, 2.05) is 43.3 Å². The molecule has 6 heteroatoms. The van der Waals surface area contributed by atoms with Crippen LogP contribution in [-0.4, -0.2) is 26.6 Å². The molecule has 1 N–H and O–H groups in total. The number of aromatic nitrogens is 3. The SMILES string of the molecule is Cc1cc(CN2CCc3c(nc(-c4ccccc4)[nH]c3=O)C2)no1. The average molecular weight is 322 g/mol. The van der Waals surface area contributed by atoms with Gasteiger partial charge in [-0.15, -0.1) is 0 Å². The van der Waals surface area contributed by atoms with Gasteiger partial charge < -0.3 is 9.51 Å². The first-order valence-corrected chi connectivity index (χ1v) is 8.01. The first-order chi connectivity index (χ1) is 11.7. The highest BCUT2D eigenvalue weighted by Crippen LogP contribution is 2.19. The molecule has 0 amide bonds. The summed E-state index contributed by atoms with van der Waals surface area (Å²) in [6.07, 6.45) is 0.698. The van der Waals surface area contributed by atoms with Gasteiger partial charge in [-0.1, -0.05) is 35.5 Å².